The molecule has 0 aromatic carbocycles. The van der Waals surface area contributed by atoms with E-state index in [4.69, 9.17) is 80.5 Å². The van der Waals surface area contributed by atoms with Crippen molar-refractivity contribution in [2.45, 2.75) is 252 Å². The number of hydrogen-bond donors (Lipinski definition) is 24. The number of aliphatic hydroxyl groups excluding tert-OH is 23. The monoisotopic (exact) mass is 1410 g/mol. The zero-order chi connectivity index (χ0) is 70.5. The maximum Gasteiger partial charge on any atom is 0.245 e. The van der Waals surface area contributed by atoms with Gasteiger partial charge in [0.15, 0.2) is 44.0 Å². The van der Waals surface area contributed by atoms with E-state index in [0.29, 0.717) is 0 Å². The molecule has 558 valence electrons. The number of amides is 1. The maximum absolute atomic E-state index is 11.5. The van der Waals surface area contributed by atoms with Gasteiger partial charge >= 0.3 is 0 Å². The number of carbonyl (C=O) groups excluding carboxylic acids is 1. The summed E-state index contributed by atoms with van der Waals surface area (Å²) >= 11 is 0. The normalized spacial score (nSPS) is 50.4. The molecule has 8 fully saturated rings. The Morgan fingerprint density at radius 1 is 0.333 bits per heavy atom. The van der Waals surface area contributed by atoms with E-state index in [1.165, 1.54) is 14.0 Å². The van der Waals surface area contributed by atoms with Crippen molar-refractivity contribution in [3.8, 4) is 0 Å². The topological polar surface area (TPSA) is 651 Å². The second-order valence-corrected chi connectivity index (χ2v) is 24.0. The third-order valence-corrected chi connectivity index (χ3v) is 17.8. The molecular weight excluding hydrogens is 1320 g/mol. The fraction of sp³-hybridized carbons (Fsp3) is 0.944. The summed E-state index contributed by atoms with van der Waals surface area (Å²) in [4.78, 5) is 11.5. The molecule has 42 heteroatoms. The number of carbonyl (C=O) groups is 1. The first-order chi connectivity index (χ1) is 45.7. The Kier molecular flexibility index (Phi) is 29.1. The zero-order valence-corrected chi connectivity index (χ0v) is 51.4. The van der Waals surface area contributed by atoms with Crippen molar-refractivity contribution in [2.75, 3.05) is 66.7 Å². The van der Waals surface area contributed by atoms with Crippen molar-refractivity contribution in [3.63, 3.8) is 0 Å². The van der Waals surface area contributed by atoms with Gasteiger partial charge in [0.1, 0.15) is 202 Å². The van der Waals surface area contributed by atoms with E-state index in [2.05, 4.69) is 11.9 Å². The van der Waals surface area contributed by atoms with Crippen molar-refractivity contribution in [3.05, 3.63) is 12.7 Å². The molecule has 1 amide bonds. The van der Waals surface area contributed by atoms with Gasteiger partial charge in [-0.2, -0.15) is 0 Å². The molecule has 8 heterocycles. The molecule has 8 aliphatic heterocycles. The van der Waals surface area contributed by atoms with Crippen LogP contribution in [-0.4, -0.2) is 436 Å². The van der Waals surface area contributed by atoms with Crippen LogP contribution in [0.3, 0.4) is 0 Å². The van der Waals surface area contributed by atoms with Gasteiger partial charge in [-0.3, -0.25) is 4.79 Å². The lowest BCUT2D eigenvalue weighted by atomic mass is 9.94. The van der Waals surface area contributed by atoms with Crippen LogP contribution in [0.25, 0.3) is 0 Å². The molecule has 0 saturated carbocycles. The molecule has 8 rings (SSSR count). The highest BCUT2D eigenvalue weighted by molar-refractivity contribution is 5.86. The lowest BCUT2D eigenvalue weighted by Crippen LogP contribution is -2.68. The summed E-state index contributed by atoms with van der Waals surface area (Å²) in [5.74, 6) is -0.569. The summed E-state index contributed by atoms with van der Waals surface area (Å²) in [5.41, 5.74) is 0. The molecule has 0 radical (unpaired) electrons. The fourth-order valence-corrected chi connectivity index (χ4v) is 12.3. The second-order valence-electron chi connectivity index (χ2n) is 24.0. The van der Waals surface area contributed by atoms with E-state index in [9.17, 15) is 122 Å². The highest BCUT2D eigenvalue weighted by Gasteiger charge is 2.59. The average molecular weight is 1410 g/mol. The number of methoxy groups -OCH3 is 1. The summed E-state index contributed by atoms with van der Waals surface area (Å²) in [6, 6.07) is 0. The highest BCUT2D eigenvalue weighted by Crippen LogP contribution is 2.39. The highest BCUT2D eigenvalue weighted by atomic mass is 16.8. The minimum absolute atomic E-state index is 0.336. The molecule has 0 aromatic heterocycles. The number of hydrogen-bond acceptors (Lipinski definition) is 41. The molecule has 40 atom stereocenters. The Balaban J connectivity index is 0.843. The summed E-state index contributed by atoms with van der Waals surface area (Å²) in [6.45, 7) is -2.95. The largest absolute Gasteiger partial charge is 0.394 e. The maximum atomic E-state index is 11.5. The van der Waals surface area contributed by atoms with Crippen LogP contribution in [0.4, 0.5) is 0 Å². The van der Waals surface area contributed by atoms with Gasteiger partial charge in [-0.15, -0.1) is 0 Å². The van der Waals surface area contributed by atoms with Gasteiger partial charge in [0.25, 0.3) is 0 Å². The first-order valence-electron chi connectivity index (χ1n) is 30.7. The Morgan fingerprint density at radius 3 is 0.760 bits per heavy atom. The van der Waals surface area contributed by atoms with Crippen LogP contribution >= 0.6 is 0 Å². The van der Waals surface area contributed by atoms with Gasteiger partial charge in [0.2, 0.25) is 5.91 Å². The van der Waals surface area contributed by atoms with Crippen LogP contribution in [0, 0.1) is 0 Å². The van der Waals surface area contributed by atoms with E-state index in [0.717, 1.165) is 6.08 Å². The van der Waals surface area contributed by atoms with Crippen LogP contribution in [0.2, 0.25) is 0 Å². The Morgan fingerprint density at radius 2 is 0.542 bits per heavy atom. The standard InChI is InChI=1S/C54H91NO41/c1-4-23(63)55-13-81-12-22-40(80-3)26(66)33(73)54(89-22)96-47-21(11-62)88-53(39(79)32(47)72)95-46-20(10-61)87-52(38(78)31(46)71)94-45-19(9-60)86-51(37(77)30(45)70)93-44-18(8-59)85-50(36(76)29(44)69)92-43-17(7-58)84-49(35(75)28(43)68)91-42-16(6-57)83-48(34(74)27(42)67)90-41-15(5-56)82-14(2)24(64)25(41)65/h4,14-22,24-54,56-62,64-79H,1,5-13H2,2-3H3,(H,55,63). The molecule has 0 bridgehead atoms. The Bertz CT molecular complexity index is 2350. The smallest absolute Gasteiger partial charge is 0.245 e. The first kappa shape index (κ1) is 79.3. The van der Waals surface area contributed by atoms with Gasteiger partial charge in [-0.05, 0) is 13.0 Å². The predicted octanol–water partition coefficient (Wildman–Crippen LogP) is -16.4. The molecule has 8 saturated heterocycles. The Labute approximate surface area is 544 Å². The first-order valence-corrected chi connectivity index (χ1v) is 30.7. The molecule has 96 heavy (non-hydrogen) atoms. The molecule has 42 nitrogen and oxygen atoms in total. The zero-order valence-electron chi connectivity index (χ0n) is 51.4. The molecule has 8 aliphatic rings. The molecule has 0 spiro atoms. The van der Waals surface area contributed by atoms with E-state index in [-0.39, 0.29) is 13.3 Å². The molecule has 0 aliphatic carbocycles. The average Bonchev–Trinajstić information content (AvgIpc) is 0.782. The predicted molar refractivity (Wildman–Crippen MR) is 295 cm³/mol. The molecule has 24 N–H and O–H groups in total. The van der Waals surface area contributed by atoms with Crippen molar-refractivity contribution < 1.29 is 203 Å². The van der Waals surface area contributed by atoms with Crippen LogP contribution in [0.15, 0.2) is 12.7 Å². The summed E-state index contributed by atoms with van der Waals surface area (Å²) in [6.07, 6.45) is -73.7. The summed E-state index contributed by atoms with van der Waals surface area (Å²) < 4.78 is 95.9. The van der Waals surface area contributed by atoms with Crippen molar-refractivity contribution in [1.29, 1.82) is 0 Å². The van der Waals surface area contributed by atoms with Crippen LogP contribution in [-0.2, 0) is 85.3 Å². The van der Waals surface area contributed by atoms with Gasteiger partial charge in [-0.25, -0.2) is 0 Å². The third kappa shape index (κ3) is 17.0. The molecule has 40 unspecified atom stereocenters. The number of rotatable bonds is 27. The van der Waals surface area contributed by atoms with E-state index < -0.39 is 298 Å². The van der Waals surface area contributed by atoms with Gasteiger partial charge in [-0.1, -0.05) is 6.58 Å². The third-order valence-electron chi connectivity index (χ3n) is 17.8. The quantitative estimate of drug-likeness (QED) is 0.0206. The number of ether oxygens (including phenoxy) is 17. The lowest BCUT2D eigenvalue weighted by Gasteiger charge is -2.50. The fourth-order valence-electron chi connectivity index (χ4n) is 12.3. The minimum Gasteiger partial charge on any atom is -0.394 e. The van der Waals surface area contributed by atoms with Gasteiger partial charge in [0, 0.05) is 7.11 Å². The molecular formula is C54H91NO41. The van der Waals surface area contributed by atoms with Crippen LogP contribution in [0.1, 0.15) is 6.92 Å². The van der Waals surface area contributed by atoms with E-state index in [1.54, 1.807) is 0 Å². The van der Waals surface area contributed by atoms with E-state index in [1.807, 2.05) is 0 Å². The van der Waals surface area contributed by atoms with Crippen LogP contribution in [0.5, 0.6) is 0 Å². The number of aliphatic hydroxyl groups is 23. The van der Waals surface area contributed by atoms with Gasteiger partial charge in [0.05, 0.1) is 59.0 Å². The van der Waals surface area contributed by atoms with E-state index >= 15 is 0 Å². The molecule has 0 aromatic rings. The summed E-state index contributed by atoms with van der Waals surface area (Å²) in [7, 11) is 1.20. The van der Waals surface area contributed by atoms with Crippen molar-refractivity contribution >= 4 is 5.91 Å². The van der Waals surface area contributed by atoms with Gasteiger partial charge < -0.3 is 203 Å². The lowest BCUT2D eigenvalue weighted by molar-refractivity contribution is -0.399. The SMILES string of the molecule is C=CC(=O)NCOCC1OC(OC2C(CO)OC(OC3C(CO)OC(OC4C(CO)OC(OC5C(CO)OC(OC6C(CO)OC(OC7C(CO)OC(OC8C(CO)OC(C)C(O)C8O)C(O)C7O)C(O)C6O)C(O)C5O)C(O)C4O)C(O)C3O)C(O)C2O)C(O)C(O)C1OC. The van der Waals surface area contributed by atoms with Crippen LogP contribution < -0.4 is 5.32 Å². The Hall–Kier alpha value is -2.39. The summed E-state index contributed by atoms with van der Waals surface area (Å²) in [5, 5.41) is 253. The second kappa shape index (κ2) is 35.2. The van der Waals surface area contributed by atoms with Crippen molar-refractivity contribution in [2.24, 2.45) is 0 Å². The minimum atomic E-state index is -2.26. The number of nitrogens with one attached hydrogen (secondary N) is 1. The van der Waals surface area contributed by atoms with Crippen molar-refractivity contribution in [1.82, 2.24) is 5.32 Å².